The minimum Gasteiger partial charge on any atom is -0.366 e. The minimum atomic E-state index is -0.505. The molecular weight excluding hydrogens is 244 g/mol. The molecule has 0 bridgehead atoms. The smallest absolute Gasteiger partial charge is 0.250 e. The van der Waals surface area contributed by atoms with Gasteiger partial charge in [0.1, 0.15) is 0 Å². The predicted octanol–water partition coefficient (Wildman–Crippen LogP) is 0.683. The maximum absolute atomic E-state index is 11.6. The number of nitrogens with two attached hydrogens (primary N) is 1. The number of rotatable bonds is 4. The van der Waals surface area contributed by atoms with Gasteiger partial charge < -0.3 is 10.6 Å². The second kappa shape index (κ2) is 5.09. The average molecular weight is 260 g/mol. The van der Waals surface area contributed by atoms with Crippen LogP contribution in [0.5, 0.6) is 0 Å². The second-order valence-corrected chi connectivity index (χ2v) is 4.63. The fraction of sp³-hybridized carbons (Fsp3) is 0.308. The molecule has 1 aromatic heterocycles. The number of amides is 2. The lowest BCUT2D eigenvalue weighted by Gasteiger charge is -2.10. The molecule has 0 aliphatic heterocycles. The molecule has 0 fully saturated rings. The van der Waals surface area contributed by atoms with Gasteiger partial charge >= 0.3 is 0 Å². The number of aryl methyl sites for hydroxylation is 1. The lowest BCUT2D eigenvalue weighted by atomic mass is 10.0. The third kappa shape index (κ3) is 2.73. The highest BCUT2D eigenvalue weighted by atomic mass is 16.2. The van der Waals surface area contributed by atoms with E-state index in [-0.39, 0.29) is 5.91 Å². The van der Waals surface area contributed by atoms with Crippen molar-refractivity contribution in [2.45, 2.75) is 12.8 Å². The average Bonchev–Trinajstić information content (AvgIpc) is 2.82. The van der Waals surface area contributed by atoms with Gasteiger partial charge in [-0.05, 0) is 24.1 Å². The van der Waals surface area contributed by atoms with Crippen molar-refractivity contribution in [1.82, 2.24) is 15.1 Å². The minimum absolute atomic E-state index is 0.0490. The van der Waals surface area contributed by atoms with E-state index in [2.05, 4.69) is 10.2 Å². The van der Waals surface area contributed by atoms with Crippen LogP contribution < -0.4 is 5.73 Å². The van der Waals surface area contributed by atoms with Gasteiger partial charge in [-0.25, -0.2) is 0 Å². The Morgan fingerprint density at radius 2 is 2.11 bits per heavy atom. The quantitative estimate of drug-likeness (QED) is 0.846. The van der Waals surface area contributed by atoms with Crippen molar-refractivity contribution in [3.63, 3.8) is 0 Å². The summed E-state index contributed by atoms with van der Waals surface area (Å²) in [6, 6.07) is 3.62. The molecule has 2 aromatic rings. The molecule has 6 nitrogen and oxygen atoms in total. The molecule has 0 radical (unpaired) electrons. The third-order valence-corrected chi connectivity index (χ3v) is 3.00. The number of hydrogen-bond acceptors (Lipinski definition) is 3. The summed E-state index contributed by atoms with van der Waals surface area (Å²) in [5, 5.41) is 7.48. The summed E-state index contributed by atoms with van der Waals surface area (Å²) in [5.74, 6) is -0.456. The molecule has 100 valence electrons. The summed E-state index contributed by atoms with van der Waals surface area (Å²) in [6.45, 7) is 0. The Morgan fingerprint density at radius 3 is 2.74 bits per heavy atom. The molecule has 2 amide bonds. The van der Waals surface area contributed by atoms with E-state index in [1.807, 2.05) is 6.07 Å². The number of nitrogens with one attached hydrogen (secondary N) is 1. The second-order valence-electron chi connectivity index (χ2n) is 4.63. The number of hydrogen-bond donors (Lipinski definition) is 2. The standard InChI is InChI=1S/C13H16N4O2/c1-17(2)11(18)4-3-8-5-9-7-15-16-12(9)10(6-8)13(14)19/h5-7H,3-4H2,1-2H3,(H2,14,19)(H,15,16). The number of aromatic nitrogens is 2. The van der Waals surface area contributed by atoms with E-state index in [4.69, 9.17) is 5.73 Å². The molecule has 2 rings (SSSR count). The van der Waals surface area contributed by atoms with Crippen molar-refractivity contribution in [3.8, 4) is 0 Å². The lowest BCUT2D eigenvalue weighted by Crippen LogP contribution is -2.21. The first-order valence-electron chi connectivity index (χ1n) is 5.95. The zero-order chi connectivity index (χ0) is 14.0. The van der Waals surface area contributed by atoms with Gasteiger partial charge in [0, 0.05) is 25.9 Å². The van der Waals surface area contributed by atoms with E-state index in [0.29, 0.717) is 23.9 Å². The number of carbonyl (C=O) groups excluding carboxylic acids is 2. The summed E-state index contributed by atoms with van der Waals surface area (Å²) >= 11 is 0. The number of nitrogens with zero attached hydrogens (tertiary/aromatic N) is 2. The Morgan fingerprint density at radius 1 is 1.37 bits per heavy atom. The molecule has 6 heteroatoms. The van der Waals surface area contributed by atoms with Gasteiger partial charge in [0.2, 0.25) is 5.91 Å². The largest absolute Gasteiger partial charge is 0.366 e. The zero-order valence-electron chi connectivity index (χ0n) is 10.9. The molecule has 0 spiro atoms. The van der Waals surface area contributed by atoms with Gasteiger partial charge in [0.15, 0.2) is 0 Å². The first kappa shape index (κ1) is 13.1. The Kier molecular flexibility index (Phi) is 3.50. The van der Waals surface area contributed by atoms with Gasteiger partial charge in [-0.15, -0.1) is 0 Å². The molecule has 0 aliphatic carbocycles. The number of carbonyl (C=O) groups is 2. The molecule has 1 heterocycles. The summed E-state index contributed by atoms with van der Waals surface area (Å²) in [4.78, 5) is 24.5. The van der Waals surface area contributed by atoms with Gasteiger partial charge in [-0.1, -0.05) is 0 Å². The van der Waals surface area contributed by atoms with Gasteiger partial charge in [0.05, 0.1) is 17.3 Å². The highest BCUT2D eigenvalue weighted by Gasteiger charge is 2.12. The number of primary amides is 1. The number of fused-ring (bicyclic) bond motifs is 1. The van der Waals surface area contributed by atoms with Crippen LogP contribution in [0, 0.1) is 0 Å². The molecule has 0 saturated carbocycles. The lowest BCUT2D eigenvalue weighted by molar-refractivity contribution is -0.128. The van der Waals surface area contributed by atoms with Crippen molar-refractivity contribution >= 4 is 22.7 Å². The van der Waals surface area contributed by atoms with Crippen LogP contribution in [0.15, 0.2) is 18.3 Å². The Labute approximate surface area is 110 Å². The van der Waals surface area contributed by atoms with Crippen LogP contribution in [0.1, 0.15) is 22.3 Å². The SMILES string of the molecule is CN(C)C(=O)CCc1cc(C(N)=O)c2[nH]ncc2c1. The summed E-state index contributed by atoms with van der Waals surface area (Å²) in [7, 11) is 3.44. The molecule has 0 atom stereocenters. The summed E-state index contributed by atoms with van der Waals surface area (Å²) in [5.41, 5.74) is 7.29. The Hall–Kier alpha value is -2.37. The molecule has 3 N–H and O–H groups in total. The Bertz CT molecular complexity index is 631. The maximum Gasteiger partial charge on any atom is 0.250 e. The number of H-pyrrole nitrogens is 1. The molecule has 1 aromatic carbocycles. The normalized spacial score (nSPS) is 10.6. The van der Waals surface area contributed by atoms with E-state index in [1.165, 1.54) is 0 Å². The highest BCUT2D eigenvalue weighted by molar-refractivity contribution is 6.04. The summed E-state index contributed by atoms with van der Waals surface area (Å²) in [6.07, 6.45) is 2.60. The van der Waals surface area contributed by atoms with Crippen LogP contribution in [-0.2, 0) is 11.2 Å². The fourth-order valence-corrected chi connectivity index (χ4v) is 1.93. The molecular formula is C13H16N4O2. The summed E-state index contributed by atoms with van der Waals surface area (Å²) < 4.78 is 0. The van der Waals surface area contributed by atoms with E-state index < -0.39 is 5.91 Å². The van der Waals surface area contributed by atoms with Crippen molar-refractivity contribution in [1.29, 1.82) is 0 Å². The fourth-order valence-electron chi connectivity index (χ4n) is 1.93. The van der Waals surface area contributed by atoms with Gasteiger partial charge in [-0.2, -0.15) is 5.10 Å². The maximum atomic E-state index is 11.6. The van der Waals surface area contributed by atoms with Crippen LogP contribution >= 0.6 is 0 Å². The van der Waals surface area contributed by atoms with Crippen molar-refractivity contribution in [2.24, 2.45) is 5.73 Å². The van der Waals surface area contributed by atoms with E-state index >= 15 is 0 Å². The highest BCUT2D eigenvalue weighted by Crippen LogP contribution is 2.19. The topological polar surface area (TPSA) is 92.1 Å². The van der Waals surface area contributed by atoms with E-state index in [0.717, 1.165) is 10.9 Å². The third-order valence-electron chi connectivity index (χ3n) is 3.00. The van der Waals surface area contributed by atoms with Crippen LogP contribution in [-0.4, -0.2) is 41.0 Å². The van der Waals surface area contributed by atoms with Crippen LogP contribution in [0.3, 0.4) is 0 Å². The number of aromatic amines is 1. The zero-order valence-corrected chi connectivity index (χ0v) is 10.9. The Balaban J connectivity index is 2.29. The predicted molar refractivity (Wildman–Crippen MR) is 71.6 cm³/mol. The molecule has 19 heavy (non-hydrogen) atoms. The molecule has 0 aliphatic rings. The van der Waals surface area contributed by atoms with Gasteiger partial charge in [0.25, 0.3) is 5.91 Å². The first-order valence-corrected chi connectivity index (χ1v) is 5.95. The van der Waals surface area contributed by atoms with Crippen LogP contribution in [0.25, 0.3) is 10.9 Å². The monoisotopic (exact) mass is 260 g/mol. The van der Waals surface area contributed by atoms with Crippen LogP contribution in [0.4, 0.5) is 0 Å². The van der Waals surface area contributed by atoms with E-state index in [9.17, 15) is 9.59 Å². The van der Waals surface area contributed by atoms with Crippen molar-refractivity contribution in [3.05, 3.63) is 29.5 Å². The van der Waals surface area contributed by atoms with Crippen LogP contribution in [0.2, 0.25) is 0 Å². The van der Waals surface area contributed by atoms with Crippen molar-refractivity contribution < 1.29 is 9.59 Å². The number of benzene rings is 1. The first-order chi connectivity index (χ1) is 8.99. The van der Waals surface area contributed by atoms with Crippen molar-refractivity contribution in [2.75, 3.05) is 14.1 Å². The van der Waals surface area contributed by atoms with E-state index in [1.54, 1.807) is 31.3 Å². The molecule has 0 saturated heterocycles. The molecule has 0 unspecified atom stereocenters. The van der Waals surface area contributed by atoms with Gasteiger partial charge in [-0.3, -0.25) is 14.7 Å².